The number of hydrogen-bond acceptors (Lipinski definition) is 4. The van der Waals surface area contributed by atoms with Crippen LogP contribution >= 0.6 is 11.6 Å². The number of anilines is 3. The number of nitrogens with one attached hydrogen (secondary N) is 1. The minimum absolute atomic E-state index is 0.00560. The van der Waals surface area contributed by atoms with Crippen molar-refractivity contribution in [3.63, 3.8) is 0 Å². The third kappa shape index (κ3) is 2.34. The van der Waals surface area contributed by atoms with Gasteiger partial charge >= 0.3 is 0 Å². The molecule has 0 atom stereocenters. The molecule has 0 fully saturated rings. The number of nitrogens with zero attached hydrogens (tertiary/aromatic N) is 2. The molecule has 1 heterocycles. The molecule has 0 aliphatic rings. The fourth-order valence-electron chi connectivity index (χ4n) is 1.39. The van der Waals surface area contributed by atoms with Gasteiger partial charge in [0, 0.05) is 0 Å². The van der Waals surface area contributed by atoms with Crippen molar-refractivity contribution in [3.8, 4) is 6.07 Å². The van der Waals surface area contributed by atoms with Crippen molar-refractivity contribution in [2.45, 2.75) is 0 Å². The monoisotopic (exact) mass is 262 g/mol. The van der Waals surface area contributed by atoms with Crippen molar-refractivity contribution in [1.29, 1.82) is 5.26 Å². The first-order valence-electron chi connectivity index (χ1n) is 4.98. The van der Waals surface area contributed by atoms with Gasteiger partial charge in [-0.1, -0.05) is 17.7 Å². The zero-order valence-corrected chi connectivity index (χ0v) is 9.87. The number of pyridine rings is 1. The van der Waals surface area contributed by atoms with E-state index < -0.39 is 5.82 Å². The Bertz CT molecular complexity index is 636. The summed E-state index contributed by atoms with van der Waals surface area (Å²) in [6.45, 7) is 0. The maximum absolute atomic E-state index is 13.7. The van der Waals surface area contributed by atoms with Gasteiger partial charge in [-0.05, 0) is 18.2 Å². The molecule has 0 saturated heterocycles. The zero-order chi connectivity index (χ0) is 13.1. The van der Waals surface area contributed by atoms with Crippen LogP contribution in [0.4, 0.5) is 21.6 Å². The highest BCUT2D eigenvalue weighted by Crippen LogP contribution is 2.26. The summed E-state index contributed by atoms with van der Waals surface area (Å²) in [5.74, 6) is -0.366. The highest BCUT2D eigenvalue weighted by molar-refractivity contribution is 6.31. The van der Waals surface area contributed by atoms with Crippen molar-refractivity contribution in [3.05, 3.63) is 46.9 Å². The molecule has 0 spiro atoms. The summed E-state index contributed by atoms with van der Waals surface area (Å²) >= 11 is 5.66. The molecule has 2 aromatic rings. The van der Waals surface area contributed by atoms with E-state index in [1.54, 1.807) is 6.07 Å². The van der Waals surface area contributed by atoms with Crippen LogP contribution in [0.2, 0.25) is 5.02 Å². The molecule has 0 aliphatic carbocycles. The summed E-state index contributed by atoms with van der Waals surface area (Å²) in [4.78, 5) is 3.95. The Kier molecular flexibility index (Phi) is 3.31. The number of nitrogen functional groups attached to an aromatic ring is 1. The minimum Gasteiger partial charge on any atom is -0.397 e. The Labute approximate surface area is 108 Å². The summed E-state index contributed by atoms with van der Waals surface area (Å²) in [6.07, 6.45) is 1.38. The Hall–Kier alpha value is -2.32. The van der Waals surface area contributed by atoms with Crippen LogP contribution in [0.1, 0.15) is 5.56 Å². The summed E-state index contributed by atoms with van der Waals surface area (Å²) < 4.78 is 13.7. The molecule has 1 aromatic carbocycles. The molecule has 3 N–H and O–H groups in total. The van der Waals surface area contributed by atoms with Gasteiger partial charge in [-0.2, -0.15) is 5.26 Å². The lowest BCUT2D eigenvalue weighted by molar-refractivity contribution is 0.632. The lowest BCUT2D eigenvalue weighted by atomic mass is 10.2. The fourth-order valence-corrected chi connectivity index (χ4v) is 1.57. The average molecular weight is 263 g/mol. The van der Waals surface area contributed by atoms with Crippen molar-refractivity contribution in [2.75, 3.05) is 11.1 Å². The summed E-state index contributed by atoms with van der Waals surface area (Å²) in [5.41, 5.74) is 6.26. The van der Waals surface area contributed by atoms with E-state index >= 15 is 0 Å². The van der Waals surface area contributed by atoms with Crippen molar-refractivity contribution < 1.29 is 4.39 Å². The van der Waals surface area contributed by atoms with Crippen molar-refractivity contribution in [1.82, 2.24) is 4.98 Å². The number of rotatable bonds is 2. The third-order valence-electron chi connectivity index (χ3n) is 2.23. The van der Waals surface area contributed by atoms with Gasteiger partial charge in [0.05, 0.1) is 28.2 Å². The highest BCUT2D eigenvalue weighted by atomic mass is 35.5. The molecular weight excluding hydrogens is 255 g/mol. The molecular formula is C12H8ClFN4. The first-order valence-corrected chi connectivity index (χ1v) is 5.36. The van der Waals surface area contributed by atoms with Gasteiger partial charge in [-0.3, -0.25) is 0 Å². The molecule has 0 unspecified atom stereocenters. The Morgan fingerprint density at radius 1 is 1.44 bits per heavy atom. The summed E-state index contributed by atoms with van der Waals surface area (Å²) in [7, 11) is 0. The number of hydrogen-bond donors (Lipinski definition) is 2. The Morgan fingerprint density at radius 2 is 2.22 bits per heavy atom. The van der Waals surface area contributed by atoms with Gasteiger partial charge in [0.2, 0.25) is 0 Å². The van der Waals surface area contributed by atoms with Crippen LogP contribution in [-0.4, -0.2) is 4.98 Å². The van der Waals surface area contributed by atoms with E-state index in [2.05, 4.69) is 10.3 Å². The van der Waals surface area contributed by atoms with Crippen LogP contribution in [0.15, 0.2) is 30.5 Å². The average Bonchev–Trinajstić information content (AvgIpc) is 2.37. The van der Waals surface area contributed by atoms with Gasteiger partial charge < -0.3 is 11.1 Å². The van der Waals surface area contributed by atoms with Gasteiger partial charge in [-0.25, -0.2) is 9.37 Å². The second-order valence-corrected chi connectivity index (χ2v) is 3.91. The quantitative estimate of drug-likeness (QED) is 0.872. The SMILES string of the molecule is N#Cc1cc(N)cnc1Nc1cccc(Cl)c1F. The van der Waals surface area contributed by atoms with E-state index in [1.165, 1.54) is 24.4 Å². The largest absolute Gasteiger partial charge is 0.397 e. The van der Waals surface area contributed by atoms with Gasteiger partial charge in [0.1, 0.15) is 11.9 Å². The van der Waals surface area contributed by atoms with E-state index in [9.17, 15) is 4.39 Å². The molecule has 1 aromatic heterocycles. The van der Waals surface area contributed by atoms with Gasteiger partial charge in [-0.15, -0.1) is 0 Å². The highest BCUT2D eigenvalue weighted by Gasteiger charge is 2.09. The molecule has 6 heteroatoms. The fraction of sp³-hybridized carbons (Fsp3) is 0. The predicted molar refractivity (Wildman–Crippen MR) is 68.1 cm³/mol. The zero-order valence-electron chi connectivity index (χ0n) is 9.11. The Balaban J connectivity index is 2.41. The lowest BCUT2D eigenvalue weighted by Crippen LogP contribution is -2.00. The van der Waals surface area contributed by atoms with Crippen LogP contribution in [0.3, 0.4) is 0 Å². The molecule has 18 heavy (non-hydrogen) atoms. The first kappa shape index (κ1) is 12.1. The maximum atomic E-state index is 13.7. The number of halogens is 2. The number of aromatic nitrogens is 1. The predicted octanol–water partition coefficient (Wildman–Crippen LogP) is 3.07. The molecule has 0 amide bonds. The molecule has 0 saturated carbocycles. The van der Waals surface area contributed by atoms with Crippen LogP contribution in [0.5, 0.6) is 0 Å². The van der Waals surface area contributed by atoms with Crippen molar-refractivity contribution >= 4 is 28.8 Å². The van der Waals surface area contributed by atoms with Crippen LogP contribution in [0, 0.1) is 17.1 Å². The van der Waals surface area contributed by atoms with Crippen molar-refractivity contribution in [2.24, 2.45) is 0 Å². The number of nitrogens with two attached hydrogens (primary N) is 1. The van der Waals surface area contributed by atoms with Crippen LogP contribution < -0.4 is 11.1 Å². The molecule has 0 radical (unpaired) electrons. The lowest BCUT2D eigenvalue weighted by Gasteiger charge is -2.09. The van der Waals surface area contributed by atoms with Crippen LogP contribution in [0.25, 0.3) is 0 Å². The van der Waals surface area contributed by atoms with Crippen LogP contribution in [-0.2, 0) is 0 Å². The second kappa shape index (κ2) is 4.90. The van der Waals surface area contributed by atoms with E-state index in [0.717, 1.165) is 0 Å². The van der Waals surface area contributed by atoms with E-state index in [-0.39, 0.29) is 22.1 Å². The minimum atomic E-state index is -0.596. The molecule has 4 nitrogen and oxygen atoms in total. The van der Waals surface area contributed by atoms with E-state index in [0.29, 0.717) is 5.69 Å². The molecule has 90 valence electrons. The second-order valence-electron chi connectivity index (χ2n) is 3.50. The van der Waals surface area contributed by atoms with Gasteiger partial charge in [0.15, 0.2) is 5.82 Å². The number of nitriles is 1. The smallest absolute Gasteiger partial charge is 0.165 e. The van der Waals surface area contributed by atoms with Gasteiger partial charge in [0.25, 0.3) is 0 Å². The molecule has 2 rings (SSSR count). The van der Waals surface area contributed by atoms with E-state index in [4.69, 9.17) is 22.6 Å². The van der Waals surface area contributed by atoms with E-state index in [1.807, 2.05) is 6.07 Å². The number of benzene rings is 1. The molecule has 0 aliphatic heterocycles. The third-order valence-corrected chi connectivity index (χ3v) is 2.53. The Morgan fingerprint density at radius 3 is 2.94 bits per heavy atom. The standard InChI is InChI=1S/C12H8ClFN4/c13-9-2-1-3-10(11(9)14)18-12-7(5-15)4-8(16)6-17-12/h1-4,6H,16H2,(H,17,18). The maximum Gasteiger partial charge on any atom is 0.165 e. The first-order chi connectivity index (χ1) is 8.61. The molecule has 0 bridgehead atoms. The topological polar surface area (TPSA) is 74.7 Å². The summed E-state index contributed by atoms with van der Waals surface area (Å²) in [5, 5.41) is 11.6. The summed E-state index contributed by atoms with van der Waals surface area (Å²) in [6, 6.07) is 7.92. The normalized spacial score (nSPS) is 9.83.